The third-order valence-corrected chi connectivity index (χ3v) is 6.42. The number of pyridine rings is 1. The number of amides is 1. The van der Waals surface area contributed by atoms with Gasteiger partial charge in [-0.25, -0.2) is 4.98 Å². The average Bonchev–Trinajstić information content (AvgIpc) is 3.29. The number of hydrogen-bond acceptors (Lipinski definition) is 6. The zero-order valence-corrected chi connectivity index (χ0v) is 19.2. The summed E-state index contributed by atoms with van der Waals surface area (Å²) in [5.41, 5.74) is 6.28. The van der Waals surface area contributed by atoms with Crippen molar-refractivity contribution < 1.29 is 19.1 Å². The Bertz CT molecular complexity index is 1330. The van der Waals surface area contributed by atoms with E-state index in [2.05, 4.69) is 34.3 Å². The van der Waals surface area contributed by atoms with Crippen molar-refractivity contribution in [2.24, 2.45) is 0 Å². The number of hydrogen-bond donors (Lipinski definition) is 2. The van der Waals surface area contributed by atoms with E-state index >= 15 is 0 Å². The largest absolute Gasteiger partial charge is 0.449 e. The molecular weight excluding hydrogens is 430 g/mol. The van der Waals surface area contributed by atoms with Gasteiger partial charge in [-0.05, 0) is 48.6 Å². The lowest BCUT2D eigenvalue weighted by atomic mass is 9.93. The molecule has 1 aliphatic heterocycles. The van der Waals surface area contributed by atoms with Crippen LogP contribution < -0.4 is 5.32 Å². The van der Waals surface area contributed by atoms with Crippen molar-refractivity contribution >= 4 is 16.8 Å². The molecule has 0 unspecified atom stereocenters. The first kappa shape index (κ1) is 22.3. The molecule has 1 saturated heterocycles. The summed E-state index contributed by atoms with van der Waals surface area (Å²) in [4.78, 5) is 22.2. The van der Waals surface area contributed by atoms with Gasteiger partial charge in [-0.3, -0.25) is 9.78 Å². The van der Waals surface area contributed by atoms with Gasteiger partial charge in [0.25, 0.3) is 5.91 Å². The first-order chi connectivity index (χ1) is 16.5. The number of ether oxygens (including phenoxy) is 1. The Morgan fingerprint density at radius 3 is 2.76 bits per heavy atom. The molecule has 0 aliphatic carbocycles. The van der Waals surface area contributed by atoms with E-state index in [-0.39, 0.29) is 18.6 Å². The number of oxazole rings is 1. The van der Waals surface area contributed by atoms with Crippen LogP contribution in [0.3, 0.4) is 0 Å². The molecule has 0 saturated carbocycles. The highest BCUT2D eigenvalue weighted by molar-refractivity contribution is 6.06. The normalized spacial score (nSPS) is 18.2. The average molecular weight is 458 g/mol. The Hall–Kier alpha value is -3.55. The SMILES string of the molecule is Cc1nc(-c2ccc(Cc3cc(C(=O)N[C@H]4CCOC[C@@H]4O)c4ncccc4c3C)cc2)co1. The van der Waals surface area contributed by atoms with Gasteiger partial charge >= 0.3 is 0 Å². The number of aliphatic hydroxyl groups is 1. The van der Waals surface area contributed by atoms with Gasteiger partial charge in [-0.2, -0.15) is 0 Å². The molecule has 1 aliphatic rings. The topological polar surface area (TPSA) is 97.5 Å². The molecule has 5 rings (SSSR count). The third kappa shape index (κ3) is 4.44. The predicted octanol–water partition coefficient (Wildman–Crippen LogP) is 3.98. The number of rotatable bonds is 5. The van der Waals surface area contributed by atoms with Crippen molar-refractivity contribution in [2.45, 2.75) is 38.8 Å². The van der Waals surface area contributed by atoms with Crippen LogP contribution in [0.4, 0.5) is 0 Å². The van der Waals surface area contributed by atoms with E-state index in [0.29, 0.717) is 36.4 Å². The Balaban J connectivity index is 1.45. The molecule has 0 radical (unpaired) electrons. The summed E-state index contributed by atoms with van der Waals surface area (Å²) in [6, 6.07) is 13.7. The van der Waals surface area contributed by atoms with Crippen LogP contribution in [0.2, 0.25) is 0 Å². The third-order valence-electron chi connectivity index (χ3n) is 6.42. The molecule has 2 N–H and O–H groups in total. The van der Waals surface area contributed by atoms with Gasteiger partial charge in [0.2, 0.25) is 0 Å². The second-order valence-electron chi connectivity index (χ2n) is 8.74. The Kier molecular flexibility index (Phi) is 6.13. The van der Waals surface area contributed by atoms with Crippen LogP contribution in [-0.4, -0.2) is 46.3 Å². The number of aliphatic hydroxyl groups excluding tert-OH is 1. The van der Waals surface area contributed by atoms with E-state index in [4.69, 9.17) is 9.15 Å². The number of carbonyl (C=O) groups excluding carboxylic acids is 1. The summed E-state index contributed by atoms with van der Waals surface area (Å²) < 4.78 is 10.6. The highest BCUT2D eigenvalue weighted by atomic mass is 16.5. The number of nitrogens with one attached hydrogen (secondary N) is 1. The van der Waals surface area contributed by atoms with Crippen molar-refractivity contribution in [2.75, 3.05) is 13.2 Å². The summed E-state index contributed by atoms with van der Waals surface area (Å²) in [6.07, 6.45) is 3.90. The van der Waals surface area contributed by atoms with E-state index in [0.717, 1.165) is 33.3 Å². The van der Waals surface area contributed by atoms with E-state index in [1.165, 1.54) is 0 Å². The Morgan fingerprint density at radius 2 is 2.03 bits per heavy atom. The highest BCUT2D eigenvalue weighted by Crippen LogP contribution is 2.27. The van der Waals surface area contributed by atoms with Gasteiger partial charge in [0.05, 0.1) is 29.8 Å². The van der Waals surface area contributed by atoms with Gasteiger partial charge in [-0.15, -0.1) is 0 Å². The summed E-state index contributed by atoms with van der Waals surface area (Å²) in [5, 5.41) is 14.2. The molecule has 34 heavy (non-hydrogen) atoms. The highest BCUT2D eigenvalue weighted by Gasteiger charge is 2.26. The second kappa shape index (κ2) is 9.37. The Morgan fingerprint density at radius 1 is 1.21 bits per heavy atom. The first-order valence-electron chi connectivity index (χ1n) is 11.4. The fourth-order valence-corrected chi connectivity index (χ4v) is 4.45. The molecule has 7 heteroatoms. The zero-order valence-electron chi connectivity index (χ0n) is 19.2. The monoisotopic (exact) mass is 457 g/mol. The van der Waals surface area contributed by atoms with Crippen molar-refractivity contribution in [3.8, 4) is 11.3 Å². The molecule has 0 spiro atoms. The minimum Gasteiger partial charge on any atom is -0.449 e. The van der Waals surface area contributed by atoms with E-state index < -0.39 is 6.10 Å². The van der Waals surface area contributed by atoms with Gasteiger partial charge in [0.1, 0.15) is 12.0 Å². The van der Waals surface area contributed by atoms with Gasteiger partial charge < -0.3 is 19.6 Å². The van der Waals surface area contributed by atoms with Crippen LogP contribution in [0, 0.1) is 13.8 Å². The molecular formula is C27H27N3O4. The maximum absolute atomic E-state index is 13.3. The van der Waals surface area contributed by atoms with Crippen molar-refractivity contribution in [3.05, 3.63) is 83.1 Å². The quantitative estimate of drug-likeness (QED) is 0.471. The molecule has 4 aromatic rings. The van der Waals surface area contributed by atoms with Crippen LogP contribution in [-0.2, 0) is 11.2 Å². The molecule has 2 aromatic carbocycles. The molecule has 1 fully saturated rings. The number of fused-ring (bicyclic) bond motifs is 1. The lowest BCUT2D eigenvalue weighted by Gasteiger charge is -2.28. The number of carbonyl (C=O) groups is 1. The van der Waals surface area contributed by atoms with Crippen molar-refractivity contribution in [1.82, 2.24) is 15.3 Å². The summed E-state index contributed by atoms with van der Waals surface area (Å²) >= 11 is 0. The minimum atomic E-state index is -0.714. The van der Waals surface area contributed by atoms with E-state index in [9.17, 15) is 9.90 Å². The molecule has 3 heterocycles. The molecule has 7 nitrogen and oxygen atoms in total. The summed E-state index contributed by atoms with van der Waals surface area (Å²) in [7, 11) is 0. The van der Waals surface area contributed by atoms with Crippen LogP contribution in [0.5, 0.6) is 0 Å². The number of aromatic nitrogens is 2. The maximum atomic E-state index is 13.3. The number of benzene rings is 2. The van der Waals surface area contributed by atoms with Crippen molar-refractivity contribution in [1.29, 1.82) is 0 Å². The van der Waals surface area contributed by atoms with Crippen molar-refractivity contribution in [3.63, 3.8) is 0 Å². The lowest BCUT2D eigenvalue weighted by Crippen LogP contribution is -2.48. The van der Waals surface area contributed by atoms with Gasteiger partial charge in [0, 0.05) is 30.7 Å². The van der Waals surface area contributed by atoms with Crippen LogP contribution >= 0.6 is 0 Å². The lowest BCUT2D eigenvalue weighted by molar-refractivity contribution is -0.0260. The fourth-order valence-electron chi connectivity index (χ4n) is 4.45. The van der Waals surface area contributed by atoms with E-state index in [1.54, 1.807) is 12.5 Å². The van der Waals surface area contributed by atoms with Gasteiger partial charge in [-0.1, -0.05) is 30.3 Å². The molecule has 0 bridgehead atoms. The van der Waals surface area contributed by atoms with Gasteiger partial charge in [0.15, 0.2) is 5.89 Å². The predicted molar refractivity (Wildman–Crippen MR) is 129 cm³/mol. The second-order valence-corrected chi connectivity index (χ2v) is 8.74. The minimum absolute atomic E-state index is 0.229. The van der Waals surface area contributed by atoms with E-state index in [1.807, 2.05) is 37.3 Å². The number of aryl methyl sites for hydroxylation is 2. The smallest absolute Gasteiger partial charge is 0.253 e. The molecule has 174 valence electrons. The zero-order chi connectivity index (χ0) is 23.7. The van der Waals surface area contributed by atoms with Crippen LogP contribution in [0.1, 0.15) is 39.4 Å². The number of nitrogens with zero attached hydrogens (tertiary/aromatic N) is 2. The fraction of sp³-hybridized carbons (Fsp3) is 0.296. The summed E-state index contributed by atoms with van der Waals surface area (Å²) in [6.45, 7) is 4.64. The van der Waals surface area contributed by atoms with Crippen LogP contribution in [0.15, 0.2) is 59.3 Å². The standard InChI is InChI=1S/C27H27N3O4/c1-16-20(12-18-5-7-19(8-6-18)24-14-34-17(2)29-24)13-22(26-21(16)4-3-10-28-26)27(32)30-23-9-11-33-15-25(23)31/h3-8,10,13-14,23,25,31H,9,11-12,15H2,1-2H3,(H,30,32)/t23-,25-/m0/s1. The first-order valence-corrected chi connectivity index (χ1v) is 11.4. The van der Waals surface area contributed by atoms with Crippen LogP contribution in [0.25, 0.3) is 22.2 Å². The molecule has 1 amide bonds. The maximum Gasteiger partial charge on any atom is 0.253 e. The summed E-state index contributed by atoms with van der Waals surface area (Å²) in [5.74, 6) is 0.409. The molecule has 2 aromatic heterocycles. The molecule has 2 atom stereocenters. The Labute approximate surface area is 197 Å².